The summed E-state index contributed by atoms with van der Waals surface area (Å²) in [4.78, 5) is 16.3. The fourth-order valence-corrected chi connectivity index (χ4v) is 2.31. The fourth-order valence-electron chi connectivity index (χ4n) is 2.08. The van der Waals surface area contributed by atoms with Gasteiger partial charge in [-0.25, -0.2) is 4.99 Å². The van der Waals surface area contributed by atoms with Gasteiger partial charge in [-0.15, -0.1) is 0 Å². The zero-order valence-electron chi connectivity index (χ0n) is 12.1. The number of ether oxygens (including phenoxy) is 1. The van der Waals surface area contributed by atoms with E-state index in [9.17, 15) is 4.79 Å². The van der Waals surface area contributed by atoms with Crippen molar-refractivity contribution in [1.29, 1.82) is 0 Å². The standard InChI is InChI=1S/C14H24N2O2S/c1-4-6-7-8-11(5-2)18-13(17)12-9-15-14(19)16-10(12)3/h11-12H,4-9H2,1-3H3,(H,15,19). The van der Waals surface area contributed by atoms with Gasteiger partial charge in [-0.05, 0) is 38.4 Å². The third kappa shape index (κ3) is 5.27. The van der Waals surface area contributed by atoms with Gasteiger partial charge in [0.25, 0.3) is 0 Å². The lowest BCUT2D eigenvalue weighted by Crippen LogP contribution is -2.42. The maximum absolute atomic E-state index is 12.1. The molecule has 0 aliphatic carbocycles. The average Bonchev–Trinajstić information content (AvgIpc) is 2.37. The van der Waals surface area contributed by atoms with Crippen LogP contribution in [0.5, 0.6) is 0 Å². The van der Waals surface area contributed by atoms with Crippen LogP contribution in [0.4, 0.5) is 0 Å². The molecule has 1 N–H and O–H groups in total. The van der Waals surface area contributed by atoms with Crippen LogP contribution in [0.25, 0.3) is 0 Å². The summed E-state index contributed by atoms with van der Waals surface area (Å²) in [7, 11) is 0. The van der Waals surface area contributed by atoms with Crippen molar-refractivity contribution in [3.05, 3.63) is 0 Å². The Kier molecular flexibility index (Phi) is 6.99. The first-order chi connectivity index (χ1) is 9.08. The van der Waals surface area contributed by atoms with E-state index in [0.29, 0.717) is 11.7 Å². The minimum Gasteiger partial charge on any atom is -0.462 e. The average molecular weight is 284 g/mol. The monoisotopic (exact) mass is 284 g/mol. The molecule has 19 heavy (non-hydrogen) atoms. The van der Waals surface area contributed by atoms with Crippen LogP contribution in [0.3, 0.4) is 0 Å². The van der Waals surface area contributed by atoms with Gasteiger partial charge < -0.3 is 10.1 Å². The highest BCUT2D eigenvalue weighted by molar-refractivity contribution is 7.80. The zero-order valence-corrected chi connectivity index (χ0v) is 12.9. The van der Waals surface area contributed by atoms with E-state index in [1.165, 1.54) is 12.8 Å². The maximum atomic E-state index is 12.1. The number of nitrogens with zero attached hydrogens (tertiary/aromatic N) is 1. The molecule has 4 nitrogen and oxygen atoms in total. The van der Waals surface area contributed by atoms with E-state index in [4.69, 9.17) is 17.0 Å². The predicted octanol–water partition coefficient (Wildman–Crippen LogP) is 2.85. The molecule has 1 heterocycles. The Bertz CT molecular complexity index is 355. The molecule has 0 amide bonds. The second kappa shape index (κ2) is 8.25. The molecule has 1 aliphatic rings. The summed E-state index contributed by atoms with van der Waals surface area (Å²) >= 11 is 4.95. The van der Waals surface area contributed by atoms with E-state index < -0.39 is 0 Å². The number of carbonyl (C=O) groups excluding carboxylic acids is 1. The first kappa shape index (κ1) is 16.1. The number of unbranched alkanes of at least 4 members (excludes halogenated alkanes) is 2. The van der Waals surface area contributed by atoms with E-state index in [0.717, 1.165) is 25.0 Å². The van der Waals surface area contributed by atoms with Crippen molar-refractivity contribution in [3.8, 4) is 0 Å². The SMILES string of the molecule is CCCCCC(CC)OC(=O)C1CNC(=S)N=C1C. The van der Waals surface area contributed by atoms with Crippen molar-refractivity contribution in [3.63, 3.8) is 0 Å². The van der Waals surface area contributed by atoms with Gasteiger partial charge in [-0.2, -0.15) is 0 Å². The Morgan fingerprint density at radius 3 is 2.84 bits per heavy atom. The lowest BCUT2D eigenvalue weighted by Gasteiger charge is -2.24. The summed E-state index contributed by atoms with van der Waals surface area (Å²) in [5.41, 5.74) is 0.747. The fraction of sp³-hybridized carbons (Fsp3) is 0.786. The van der Waals surface area contributed by atoms with Crippen LogP contribution in [0.15, 0.2) is 4.99 Å². The highest BCUT2D eigenvalue weighted by atomic mass is 32.1. The second-order valence-corrected chi connectivity index (χ2v) is 5.34. The topological polar surface area (TPSA) is 50.7 Å². The van der Waals surface area contributed by atoms with Crippen molar-refractivity contribution >= 4 is 29.0 Å². The van der Waals surface area contributed by atoms with Crippen LogP contribution in [0.1, 0.15) is 52.9 Å². The number of nitrogens with one attached hydrogen (secondary N) is 1. The highest BCUT2D eigenvalue weighted by Crippen LogP contribution is 2.14. The number of aliphatic imine (C=N–C) groups is 1. The Morgan fingerprint density at radius 2 is 2.26 bits per heavy atom. The summed E-state index contributed by atoms with van der Waals surface area (Å²) in [6.07, 6.45) is 5.33. The van der Waals surface area contributed by atoms with E-state index in [-0.39, 0.29) is 18.0 Å². The quantitative estimate of drug-likeness (QED) is 0.444. The second-order valence-electron chi connectivity index (χ2n) is 4.95. The maximum Gasteiger partial charge on any atom is 0.316 e. The molecular weight excluding hydrogens is 260 g/mol. The lowest BCUT2D eigenvalue weighted by atomic mass is 10.0. The number of hydrogen-bond acceptors (Lipinski definition) is 3. The summed E-state index contributed by atoms with van der Waals surface area (Å²) in [6, 6.07) is 0. The number of hydrogen-bond donors (Lipinski definition) is 1. The Morgan fingerprint density at radius 1 is 1.53 bits per heavy atom. The molecule has 5 heteroatoms. The van der Waals surface area contributed by atoms with Crippen LogP contribution in [0, 0.1) is 5.92 Å². The first-order valence-electron chi connectivity index (χ1n) is 7.12. The molecule has 0 bridgehead atoms. The molecule has 1 rings (SSSR count). The van der Waals surface area contributed by atoms with Gasteiger partial charge in [-0.3, -0.25) is 4.79 Å². The Hall–Kier alpha value is -0.970. The molecule has 0 radical (unpaired) electrons. The molecule has 1 aliphatic heterocycles. The van der Waals surface area contributed by atoms with Gasteiger partial charge in [0.1, 0.15) is 12.0 Å². The molecule has 0 fully saturated rings. The minimum atomic E-state index is -0.299. The van der Waals surface area contributed by atoms with Gasteiger partial charge in [-0.1, -0.05) is 26.7 Å². The van der Waals surface area contributed by atoms with E-state index in [2.05, 4.69) is 24.2 Å². The largest absolute Gasteiger partial charge is 0.462 e. The van der Waals surface area contributed by atoms with Crippen molar-refractivity contribution in [2.75, 3.05) is 6.54 Å². The Balaban J connectivity index is 2.48. The number of thiocarbonyl (C=S) groups is 1. The van der Waals surface area contributed by atoms with Crippen molar-refractivity contribution in [2.24, 2.45) is 10.9 Å². The molecule has 0 spiro atoms. The van der Waals surface area contributed by atoms with Crippen LogP contribution < -0.4 is 5.32 Å². The summed E-state index contributed by atoms with van der Waals surface area (Å²) < 4.78 is 5.59. The normalized spacial score (nSPS) is 20.5. The molecule has 2 unspecified atom stereocenters. The molecule has 108 valence electrons. The smallest absolute Gasteiger partial charge is 0.316 e. The van der Waals surface area contributed by atoms with Crippen molar-refractivity contribution in [1.82, 2.24) is 5.32 Å². The van der Waals surface area contributed by atoms with E-state index in [1.807, 2.05) is 6.92 Å². The number of esters is 1. The summed E-state index contributed by atoms with van der Waals surface area (Å²) in [5, 5.41) is 3.39. The van der Waals surface area contributed by atoms with Crippen molar-refractivity contribution < 1.29 is 9.53 Å². The molecule has 0 aromatic carbocycles. The van der Waals surface area contributed by atoms with Crippen LogP contribution in [-0.2, 0) is 9.53 Å². The zero-order chi connectivity index (χ0) is 14.3. The van der Waals surface area contributed by atoms with E-state index in [1.54, 1.807) is 0 Å². The predicted molar refractivity (Wildman–Crippen MR) is 81.5 cm³/mol. The molecule has 0 saturated carbocycles. The molecule has 2 atom stereocenters. The third-order valence-electron chi connectivity index (χ3n) is 3.39. The number of carbonyl (C=O) groups is 1. The highest BCUT2D eigenvalue weighted by Gasteiger charge is 2.28. The van der Waals surface area contributed by atoms with Gasteiger partial charge in [0.15, 0.2) is 5.11 Å². The summed E-state index contributed by atoms with van der Waals surface area (Å²) in [6.45, 7) is 6.55. The van der Waals surface area contributed by atoms with Gasteiger partial charge in [0.05, 0.1) is 0 Å². The summed E-state index contributed by atoms with van der Waals surface area (Å²) in [5.74, 6) is -0.480. The number of rotatable bonds is 7. The molecule has 0 saturated heterocycles. The minimum absolute atomic E-state index is 0.0285. The molecule has 0 aromatic heterocycles. The van der Waals surface area contributed by atoms with Crippen LogP contribution in [-0.4, -0.2) is 29.4 Å². The van der Waals surface area contributed by atoms with Gasteiger partial charge >= 0.3 is 5.97 Å². The molecule has 0 aromatic rings. The third-order valence-corrected chi connectivity index (χ3v) is 3.63. The van der Waals surface area contributed by atoms with Crippen molar-refractivity contribution in [2.45, 2.75) is 59.0 Å². The van der Waals surface area contributed by atoms with Gasteiger partial charge in [0.2, 0.25) is 0 Å². The Labute approximate surface area is 121 Å². The van der Waals surface area contributed by atoms with Gasteiger partial charge in [0, 0.05) is 12.3 Å². The van der Waals surface area contributed by atoms with Crippen LogP contribution >= 0.6 is 12.2 Å². The van der Waals surface area contributed by atoms with Crippen LogP contribution in [0.2, 0.25) is 0 Å². The lowest BCUT2D eigenvalue weighted by molar-refractivity contribution is -0.152. The first-order valence-corrected chi connectivity index (χ1v) is 7.52. The molecular formula is C14H24N2O2S. The van der Waals surface area contributed by atoms with E-state index >= 15 is 0 Å².